The van der Waals surface area contributed by atoms with Gasteiger partial charge in [-0.05, 0) is 6.92 Å². The lowest BCUT2D eigenvalue weighted by molar-refractivity contribution is -0.113. The molecule has 0 unspecified atom stereocenters. The van der Waals surface area contributed by atoms with Crippen LogP contribution in [0, 0.1) is 0 Å². The molecule has 0 aromatic heterocycles. The highest BCUT2D eigenvalue weighted by atomic mass is 16.6. The SMILES string of the molecule is C=C1OCCO/C1=C(\OC)C(=C)C(C)=O. The van der Waals surface area contributed by atoms with Crippen LogP contribution >= 0.6 is 0 Å². The molecule has 0 N–H and O–H groups in total. The quantitative estimate of drug-likeness (QED) is 0.523. The van der Waals surface area contributed by atoms with E-state index in [9.17, 15) is 4.79 Å². The van der Waals surface area contributed by atoms with Crippen LogP contribution in [0.3, 0.4) is 0 Å². The van der Waals surface area contributed by atoms with Crippen LogP contribution in [-0.2, 0) is 19.0 Å². The topological polar surface area (TPSA) is 44.8 Å². The average molecular weight is 210 g/mol. The summed E-state index contributed by atoms with van der Waals surface area (Å²) in [5.41, 5.74) is 0.249. The first kappa shape index (κ1) is 11.4. The minimum atomic E-state index is -0.179. The molecule has 0 aromatic carbocycles. The summed E-state index contributed by atoms with van der Waals surface area (Å²) in [4.78, 5) is 11.2. The van der Waals surface area contributed by atoms with Crippen LogP contribution < -0.4 is 0 Å². The molecule has 0 aliphatic carbocycles. The van der Waals surface area contributed by atoms with Crippen LogP contribution in [0.5, 0.6) is 0 Å². The second-order valence-electron chi connectivity index (χ2n) is 3.02. The third-order valence-corrected chi connectivity index (χ3v) is 1.97. The standard InChI is InChI=1S/C11H14O4/c1-7(8(2)12)10(13-4)11-9(3)14-5-6-15-11/h1,3,5-6H2,2,4H3/b11-10-. The van der Waals surface area contributed by atoms with Crippen molar-refractivity contribution in [3.63, 3.8) is 0 Å². The maximum absolute atomic E-state index is 11.2. The molecule has 0 saturated carbocycles. The number of hydrogen-bond donors (Lipinski definition) is 0. The van der Waals surface area contributed by atoms with Gasteiger partial charge in [0.05, 0.1) is 12.7 Å². The summed E-state index contributed by atoms with van der Waals surface area (Å²) in [6, 6.07) is 0. The number of ether oxygens (including phenoxy) is 3. The van der Waals surface area contributed by atoms with Gasteiger partial charge in [-0.3, -0.25) is 4.79 Å². The Morgan fingerprint density at radius 1 is 1.40 bits per heavy atom. The second kappa shape index (κ2) is 4.68. The lowest BCUT2D eigenvalue weighted by atomic mass is 10.1. The van der Waals surface area contributed by atoms with Gasteiger partial charge in [0.15, 0.2) is 17.3 Å². The molecule has 1 aliphatic heterocycles. The Labute approximate surface area is 88.8 Å². The molecule has 1 saturated heterocycles. The molecule has 1 rings (SSSR count). The fourth-order valence-corrected chi connectivity index (χ4v) is 1.16. The van der Waals surface area contributed by atoms with Gasteiger partial charge < -0.3 is 14.2 Å². The van der Waals surface area contributed by atoms with Gasteiger partial charge in [-0.25, -0.2) is 0 Å². The van der Waals surface area contributed by atoms with E-state index < -0.39 is 0 Å². The van der Waals surface area contributed by atoms with Crippen molar-refractivity contribution in [1.82, 2.24) is 0 Å². The number of ketones is 1. The number of Topliss-reactive ketones (excluding diaryl/α,β-unsaturated/α-hetero) is 1. The zero-order valence-corrected chi connectivity index (χ0v) is 8.96. The molecule has 0 bridgehead atoms. The van der Waals surface area contributed by atoms with Crippen molar-refractivity contribution in [1.29, 1.82) is 0 Å². The molecule has 0 radical (unpaired) electrons. The summed E-state index contributed by atoms with van der Waals surface area (Å²) in [5, 5.41) is 0. The van der Waals surface area contributed by atoms with Crippen molar-refractivity contribution in [2.45, 2.75) is 6.92 Å². The molecule has 0 atom stereocenters. The van der Waals surface area contributed by atoms with E-state index in [1.807, 2.05) is 0 Å². The van der Waals surface area contributed by atoms with Crippen molar-refractivity contribution in [2.75, 3.05) is 20.3 Å². The van der Waals surface area contributed by atoms with Crippen molar-refractivity contribution >= 4 is 5.78 Å². The summed E-state index contributed by atoms with van der Waals surface area (Å²) in [5.74, 6) is 0.818. The van der Waals surface area contributed by atoms with Crippen molar-refractivity contribution in [3.05, 3.63) is 36.0 Å². The molecular weight excluding hydrogens is 196 g/mol. The molecule has 0 aromatic rings. The van der Waals surface area contributed by atoms with Crippen molar-refractivity contribution in [3.8, 4) is 0 Å². The van der Waals surface area contributed by atoms with E-state index in [2.05, 4.69) is 13.2 Å². The molecule has 1 aliphatic rings. The van der Waals surface area contributed by atoms with Gasteiger partial charge in [-0.15, -0.1) is 0 Å². The molecule has 4 heteroatoms. The summed E-state index contributed by atoms with van der Waals surface area (Å²) < 4.78 is 15.6. The van der Waals surface area contributed by atoms with Gasteiger partial charge in [0.25, 0.3) is 0 Å². The third kappa shape index (κ3) is 2.40. The summed E-state index contributed by atoms with van der Waals surface area (Å²) >= 11 is 0. The molecule has 82 valence electrons. The zero-order valence-electron chi connectivity index (χ0n) is 8.96. The molecule has 15 heavy (non-hydrogen) atoms. The van der Waals surface area contributed by atoms with Gasteiger partial charge in [0.2, 0.25) is 5.76 Å². The lowest BCUT2D eigenvalue weighted by Crippen LogP contribution is -2.17. The molecule has 0 amide bonds. The normalized spacial score (nSPS) is 18.7. The highest BCUT2D eigenvalue weighted by molar-refractivity contribution is 5.96. The fourth-order valence-electron chi connectivity index (χ4n) is 1.16. The first-order chi connectivity index (χ1) is 7.07. The van der Waals surface area contributed by atoms with Gasteiger partial charge in [-0.1, -0.05) is 13.2 Å². The Kier molecular flexibility index (Phi) is 3.55. The minimum Gasteiger partial charge on any atom is -0.492 e. The first-order valence-electron chi connectivity index (χ1n) is 4.51. The zero-order chi connectivity index (χ0) is 11.4. The molecule has 1 fully saturated rings. The largest absolute Gasteiger partial charge is 0.492 e. The Bertz CT molecular complexity index is 338. The predicted octanol–water partition coefficient (Wildman–Crippen LogP) is 1.55. The Morgan fingerprint density at radius 3 is 2.47 bits per heavy atom. The number of allylic oxidation sites excluding steroid dienone is 1. The Balaban J connectivity index is 3.05. The lowest BCUT2D eigenvalue weighted by Gasteiger charge is -2.22. The number of carbonyl (C=O) groups is 1. The third-order valence-electron chi connectivity index (χ3n) is 1.97. The molecular formula is C11H14O4. The van der Waals surface area contributed by atoms with Crippen molar-refractivity contribution < 1.29 is 19.0 Å². The summed E-state index contributed by atoms with van der Waals surface area (Å²) in [6.07, 6.45) is 0. The number of rotatable bonds is 3. The number of hydrogen-bond acceptors (Lipinski definition) is 4. The Hall–Kier alpha value is -1.71. The van der Waals surface area contributed by atoms with E-state index in [1.165, 1.54) is 14.0 Å². The molecule has 1 heterocycles. The van der Waals surface area contributed by atoms with Gasteiger partial charge >= 0.3 is 0 Å². The van der Waals surface area contributed by atoms with Crippen LogP contribution in [0.15, 0.2) is 36.0 Å². The van der Waals surface area contributed by atoms with E-state index in [0.29, 0.717) is 24.7 Å². The maximum atomic E-state index is 11.2. The van der Waals surface area contributed by atoms with Crippen LogP contribution in [0.2, 0.25) is 0 Å². The van der Waals surface area contributed by atoms with Crippen LogP contribution in [0.25, 0.3) is 0 Å². The molecule has 0 spiro atoms. The van der Waals surface area contributed by atoms with E-state index >= 15 is 0 Å². The highest BCUT2D eigenvalue weighted by Gasteiger charge is 2.22. The first-order valence-corrected chi connectivity index (χ1v) is 4.51. The second-order valence-corrected chi connectivity index (χ2v) is 3.02. The van der Waals surface area contributed by atoms with Crippen LogP contribution in [-0.4, -0.2) is 26.1 Å². The van der Waals surface area contributed by atoms with Gasteiger partial charge in [-0.2, -0.15) is 0 Å². The monoisotopic (exact) mass is 210 g/mol. The van der Waals surface area contributed by atoms with Crippen LogP contribution in [0.4, 0.5) is 0 Å². The maximum Gasteiger partial charge on any atom is 0.203 e. The van der Waals surface area contributed by atoms with E-state index in [1.54, 1.807) is 0 Å². The smallest absolute Gasteiger partial charge is 0.203 e. The van der Waals surface area contributed by atoms with Crippen molar-refractivity contribution in [2.24, 2.45) is 0 Å². The average Bonchev–Trinajstić information content (AvgIpc) is 2.21. The number of methoxy groups -OCH3 is 1. The summed E-state index contributed by atoms with van der Waals surface area (Å²) in [6.45, 7) is 9.57. The highest BCUT2D eigenvalue weighted by Crippen LogP contribution is 2.24. The van der Waals surface area contributed by atoms with Gasteiger partial charge in [0.1, 0.15) is 13.2 Å². The van der Waals surface area contributed by atoms with Crippen LogP contribution in [0.1, 0.15) is 6.92 Å². The Morgan fingerprint density at radius 2 is 2.00 bits per heavy atom. The predicted molar refractivity (Wildman–Crippen MR) is 54.9 cm³/mol. The van der Waals surface area contributed by atoms with Gasteiger partial charge in [0, 0.05) is 0 Å². The molecule has 4 nitrogen and oxygen atoms in total. The fraction of sp³-hybridized carbons (Fsp3) is 0.364. The minimum absolute atomic E-state index is 0.179. The number of carbonyl (C=O) groups excluding carboxylic acids is 1. The van der Waals surface area contributed by atoms with E-state index in [0.717, 1.165) is 0 Å². The van der Waals surface area contributed by atoms with E-state index in [-0.39, 0.29) is 17.1 Å². The summed E-state index contributed by atoms with van der Waals surface area (Å²) in [7, 11) is 1.45. The van der Waals surface area contributed by atoms with E-state index in [4.69, 9.17) is 14.2 Å².